The zero-order chi connectivity index (χ0) is 11.8. The third kappa shape index (κ3) is 4.72. The number of nitrogens with zero attached hydrogens (tertiary/aromatic N) is 1. The summed E-state index contributed by atoms with van der Waals surface area (Å²) in [6, 6.07) is 3.11. The second-order valence-corrected chi connectivity index (χ2v) is 4.76. The lowest BCUT2D eigenvalue weighted by Gasteiger charge is -2.05. The van der Waals surface area contributed by atoms with Crippen molar-refractivity contribution >= 4 is 17.4 Å². The highest BCUT2D eigenvalue weighted by Gasteiger charge is 1.96. The van der Waals surface area contributed by atoms with Gasteiger partial charge >= 0.3 is 0 Å². The topological polar surface area (TPSA) is 68.2 Å². The highest BCUT2D eigenvalue weighted by Crippen LogP contribution is 2.05. The van der Waals surface area contributed by atoms with Crippen LogP contribution < -0.4 is 11.3 Å². The van der Waals surface area contributed by atoms with Crippen LogP contribution in [0.25, 0.3) is 0 Å². The van der Waals surface area contributed by atoms with E-state index in [2.05, 4.69) is 0 Å². The normalized spacial score (nSPS) is 10.6. The maximum Gasteiger partial charge on any atom is 0.250 e. The minimum Gasteiger partial charge on any atom is -0.398 e. The van der Waals surface area contributed by atoms with Gasteiger partial charge < -0.3 is 15.4 Å². The van der Waals surface area contributed by atoms with Gasteiger partial charge in [0.25, 0.3) is 5.56 Å². The summed E-state index contributed by atoms with van der Waals surface area (Å²) in [5.74, 6) is 1.98. The molecular weight excluding hydrogens is 224 g/mol. The van der Waals surface area contributed by atoms with E-state index < -0.39 is 0 Å². The van der Waals surface area contributed by atoms with Crippen LogP contribution in [0.5, 0.6) is 0 Å². The molecule has 0 spiro atoms. The van der Waals surface area contributed by atoms with Gasteiger partial charge in [0.05, 0.1) is 0 Å². The lowest BCUT2D eigenvalue weighted by Crippen LogP contribution is -2.19. The summed E-state index contributed by atoms with van der Waals surface area (Å²) in [6.45, 7) is 0.956. The zero-order valence-corrected chi connectivity index (χ0v) is 10.1. The van der Waals surface area contributed by atoms with Gasteiger partial charge in [0.15, 0.2) is 0 Å². The first-order chi connectivity index (χ1) is 7.74. The first-order valence-corrected chi connectivity index (χ1v) is 6.54. The van der Waals surface area contributed by atoms with Crippen LogP contribution in [-0.4, -0.2) is 27.8 Å². The lowest BCUT2D eigenvalue weighted by molar-refractivity contribution is 0.296. The molecule has 0 saturated carbocycles. The standard InChI is InChI=1S/C11H18N2O2S/c12-10-3-4-11(15)13(9-10)5-1-7-16-8-2-6-14/h3-4,9,14H,1-2,5-8,12H2. The number of hydrogen-bond acceptors (Lipinski definition) is 4. The summed E-state index contributed by atoms with van der Waals surface area (Å²) >= 11 is 1.80. The molecule has 1 rings (SSSR count). The highest BCUT2D eigenvalue weighted by molar-refractivity contribution is 7.99. The molecule has 0 aliphatic heterocycles. The van der Waals surface area contributed by atoms with Crippen molar-refractivity contribution in [2.45, 2.75) is 19.4 Å². The van der Waals surface area contributed by atoms with Crippen LogP contribution in [-0.2, 0) is 6.54 Å². The Hall–Kier alpha value is -0.940. The van der Waals surface area contributed by atoms with Gasteiger partial charge in [-0.05, 0) is 30.4 Å². The fraction of sp³-hybridized carbons (Fsp3) is 0.545. The maximum absolute atomic E-state index is 11.4. The van der Waals surface area contributed by atoms with Gasteiger partial charge in [0.1, 0.15) is 0 Å². The van der Waals surface area contributed by atoms with Crippen molar-refractivity contribution < 1.29 is 5.11 Å². The Balaban J connectivity index is 2.26. The summed E-state index contributed by atoms with van der Waals surface area (Å²) in [4.78, 5) is 11.4. The third-order valence-corrected chi connectivity index (χ3v) is 3.30. The molecule has 3 N–H and O–H groups in total. The van der Waals surface area contributed by atoms with Gasteiger partial charge in [0.2, 0.25) is 0 Å². The SMILES string of the molecule is Nc1ccc(=O)n(CCCSCCCO)c1. The Kier molecular flexibility index (Phi) is 6.03. The largest absolute Gasteiger partial charge is 0.398 e. The fourth-order valence-electron chi connectivity index (χ4n) is 1.33. The van der Waals surface area contributed by atoms with Crippen molar-refractivity contribution in [2.24, 2.45) is 0 Å². The smallest absolute Gasteiger partial charge is 0.250 e. The number of hydrogen-bond donors (Lipinski definition) is 2. The summed E-state index contributed by atoms with van der Waals surface area (Å²) in [5.41, 5.74) is 6.22. The average Bonchev–Trinajstić information content (AvgIpc) is 2.28. The molecule has 0 aliphatic carbocycles. The molecule has 0 radical (unpaired) electrons. The molecule has 0 atom stereocenters. The Morgan fingerprint density at radius 1 is 1.31 bits per heavy atom. The van der Waals surface area contributed by atoms with E-state index in [9.17, 15) is 4.79 Å². The van der Waals surface area contributed by atoms with Crippen molar-refractivity contribution in [3.05, 3.63) is 28.7 Å². The van der Waals surface area contributed by atoms with Gasteiger partial charge in [0, 0.05) is 31.1 Å². The van der Waals surface area contributed by atoms with E-state index in [1.165, 1.54) is 6.07 Å². The van der Waals surface area contributed by atoms with Crippen LogP contribution in [0.4, 0.5) is 5.69 Å². The highest BCUT2D eigenvalue weighted by atomic mass is 32.2. The van der Waals surface area contributed by atoms with Crippen LogP contribution >= 0.6 is 11.8 Å². The van der Waals surface area contributed by atoms with E-state index in [4.69, 9.17) is 10.8 Å². The maximum atomic E-state index is 11.4. The molecule has 0 unspecified atom stereocenters. The molecule has 0 saturated heterocycles. The van der Waals surface area contributed by atoms with E-state index in [1.807, 2.05) is 0 Å². The van der Waals surface area contributed by atoms with Crippen molar-refractivity contribution in [3.8, 4) is 0 Å². The molecule has 1 heterocycles. The number of aliphatic hydroxyl groups excluding tert-OH is 1. The van der Waals surface area contributed by atoms with Crippen LogP contribution in [0, 0.1) is 0 Å². The number of aromatic nitrogens is 1. The molecule has 1 aromatic heterocycles. The number of rotatable bonds is 7. The Morgan fingerprint density at radius 2 is 2.06 bits per heavy atom. The molecule has 0 fully saturated rings. The average molecular weight is 242 g/mol. The fourth-order valence-corrected chi connectivity index (χ4v) is 2.20. The predicted molar refractivity (Wildman–Crippen MR) is 68.8 cm³/mol. The number of thioether (sulfide) groups is 1. The minimum atomic E-state index is -0.00504. The zero-order valence-electron chi connectivity index (χ0n) is 9.26. The Morgan fingerprint density at radius 3 is 2.81 bits per heavy atom. The van der Waals surface area contributed by atoms with E-state index in [0.29, 0.717) is 12.2 Å². The molecule has 0 aromatic carbocycles. The van der Waals surface area contributed by atoms with Crippen LogP contribution in [0.1, 0.15) is 12.8 Å². The molecule has 0 aliphatic rings. The van der Waals surface area contributed by atoms with Crippen LogP contribution in [0.2, 0.25) is 0 Å². The molecule has 1 aromatic rings. The van der Waals surface area contributed by atoms with E-state index in [-0.39, 0.29) is 12.2 Å². The number of anilines is 1. The molecule has 0 bridgehead atoms. The number of aliphatic hydroxyl groups is 1. The van der Waals surface area contributed by atoms with Gasteiger partial charge in [-0.2, -0.15) is 11.8 Å². The molecular formula is C11H18N2O2S. The summed E-state index contributed by atoms with van der Waals surface area (Å²) < 4.78 is 1.64. The lowest BCUT2D eigenvalue weighted by atomic mass is 10.4. The Labute approximate surface area is 99.5 Å². The second kappa shape index (κ2) is 7.35. The van der Waals surface area contributed by atoms with Gasteiger partial charge in [-0.15, -0.1) is 0 Å². The number of pyridine rings is 1. The van der Waals surface area contributed by atoms with Gasteiger partial charge in [-0.25, -0.2) is 0 Å². The molecule has 4 nitrogen and oxygen atoms in total. The van der Waals surface area contributed by atoms with Gasteiger partial charge in [-0.1, -0.05) is 0 Å². The second-order valence-electron chi connectivity index (χ2n) is 3.54. The quantitative estimate of drug-likeness (QED) is 0.698. The summed E-state index contributed by atoms with van der Waals surface area (Å²) in [6.07, 6.45) is 3.46. The first kappa shape index (κ1) is 13.1. The number of nitrogens with two attached hydrogens (primary N) is 1. The van der Waals surface area contributed by atoms with Gasteiger partial charge in [-0.3, -0.25) is 4.79 Å². The third-order valence-electron chi connectivity index (χ3n) is 2.14. The molecule has 16 heavy (non-hydrogen) atoms. The molecule has 90 valence electrons. The van der Waals surface area contributed by atoms with Crippen LogP contribution in [0.15, 0.2) is 23.1 Å². The molecule has 5 heteroatoms. The number of nitrogen functional groups attached to an aromatic ring is 1. The van der Waals surface area contributed by atoms with E-state index in [0.717, 1.165) is 24.3 Å². The summed E-state index contributed by atoms with van der Waals surface area (Å²) in [5, 5.41) is 8.60. The Bertz CT molecular complexity index is 365. The number of aryl methyl sites for hydroxylation is 1. The predicted octanol–water partition coefficient (Wildman–Crippen LogP) is 0.936. The van der Waals surface area contributed by atoms with E-state index in [1.54, 1.807) is 28.6 Å². The van der Waals surface area contributed by atoms with E-state index >= 15 is 0 Å². The van der Waals surface area contributed by atoms with Crippen molar-refractivity contribution in [3.63, 3.8) is 0 Å². The minimum absolute atomic E-state index is 0.00504. The van der Waals surface area contributed by atoms with Crippen molar-refractivity contribution in [2.75, 3.05) is 23.8 Å². The monoisotopic (exact) mass is 242 g/mol. The molecule has 0 amide bonds. The van der Waals surface area contributed by atoms with Crippen molar-refractivity contribution in [1.29, 1.82) is 0 Å². The summed E-state index contributed by atoms with van der Waals surface area (Å²) in [7, 11) is 0. The van der Waals surface area contributed by atoms with Crippen molar-refractivity contribution in [1.82, 2.24) is 4.57 Å². The first-order valence-electron chi connectivity index (χ1n) is 5.38. The van der Waals surface area contributed by atoms with Crippen LogP contribution in [0.3, 0.4) is 0 Å².